The molecule has 1 atom stereocenters. The predicted molar refractivity (Wildman–Crippen MR) is 86.8 cm³/mol. The van der Waals surface area contributed by atoms with Crippen LogP contribution in [0.2, 0.25) is 0 Å². The Morgan fingerprint density at radius 3 is 2.80 bits per heavy atom. The fourth-order valence-electron chi connectivity index (χ4n) is 2.09. The summed E-state index contributed by atoms with van der Waals surface area (Å²) in [6.45, 7) is 6.25. The summed E-state index contributed by atoms with van der Waals surface area (Å²) in [6.07, 6.45) is 3.58. The molecule has 1 heterocycles. The number of rotatable bonds is 9. The zero-order chi connectivity index (χ0) is 14.7. The van der Waals surface area contributed by atoms with Crippen molar-refractivity contribution in [3.05, 3.63) is 0 Å². The minimum atomic E-state index is 0.362. The van der Waals surface area contributed by atoms with Crippen LogP contribution in [-0.4, -0.2) is 63.5 Å². The molecule has 0 amide bonds. The zero-order valence-electron chi connectivity index (χ0n) is 13.0. The van der Waals surface area contributed by atoms with E-state index in [1.807, 2.05) is 7.05 Å². The van der Waals surface area contributed by atoms with Crippen LogP contribution in [0.25, 0.3) is 0 Å². The summed E-state index contributed by atoms with van der Waals surface area (Å²) in [5, 5.41) is 6.74. The van der Waals surface area contributed by atoms with Crippen LogP contribution < -0.4 is 10.6 Å². The van der Waals surface area contributed by atoms with Crippen LogP contribution in [0.3, 0.4) is 0 Å². The van der Waals surface area contributed by atoms with Gasteiger partial charge in [0.05, 0.1) is 13.2 Å². The average Bonchev–Trinajstić information content (AvgIpc) is 2.88. The van der Waals surface area contributed by atoms with Gasteiger partial charge in [0.2, 0.25) is 0 Å². The Kier molecular flexibility index (Phi) is 9.05. The van der Waals surface area contributed by atoms with Crippen molar-refractivity contribution in [1.29, 1.82) is 0 Å². The number of guanidine groups is 1. The van der Waals surface area contributed by atoms with Gasteiger partial charge in [-0.1, -0.05) is 0 Å². The van der Waals surface area contributed by atoms with Crippen molar-refractivity contribution in [3.8, 4) is 0 Å². The molecule has 1 rings (SSSR count). The van der Waals surface area contributed by atoms with Crippen molar-refractivity contribution in [3.63, 3.8) is 0 Å². The Bertz CT molecular complexity index is 282. The number of hydrogen-bond donors (Lipinski definition) is 2. The van der Waals surface area contributed by atoms with Gasteiger partial charge in [0.15, 0.2) is 5.96 Å². The molecule has 0 saturated carbocycles. The number of nitrogens with zero attached hydrogens (tertiary/aromatic N) is 1. The maximum atomic E-state index is 5.42. The molecule has 0 radical (unpaired) electrons. The number of methoxy groups -OCH3 is 1. The van der Waals surface area contributed by atoms with Gasteiger partial charge in [-0.15, -0.1) is 0 Å². The number of nitrogens with one attached hydrogen (secondary N) is 2. The van der Waals surface area contributed by atoms with E-state index in [1.54, 1.807) is 7.11 Å². The highest BCUT2D eigenvalue weighted by atomic mass is 32.2. The summed E-state index contributed by atoms with van der Waals surface area (Å²) in [6, 6.07) is 0. The maximum absolute atomic E-state index is 5.42. The lowest BCUT2D eigenvalue weighted by molar-refractivity contribution is 0.0698. The number of hydrogen-bond acceptors (Lipinski definition) is 4. The van der Waals surface area contributed by atoms with E-state index >= 15 is 0 Å². The molecule has 1 unspecified atom stereocenters. The fourth-order valence-corrected chi connectivity index (χ4v) is 3.34. The second-order valence-electron chi connectivity index (χ2n) is 5.21. The van der Waals surface area contributed by atoms with Crippen molar-refractivity contribution in [2.45, 2.75) is 30.9 Å². The van der Waals surface area contributed by atoms with Crippen molar-refractivity contribution < 1.29 is 9.47 Å². The summed E-state index contributed by atoms with van der Waals surface area (Å²) in [7, 11) is 3.50. The molecular formula is C14H29N3O2S. The van der Waals surface area contributed by atoms with E-state index in [-0.39, 0.29) is 0 Å². The highest BCUT2D eigenvalue weighted by Gasteiger charge is 2.29. The van der Waals surface area contributed by atoms with Crippen LogP contribution in [-0.2, 0) is 9.47 Å². The van der Waals surface area contributed by atoms with Crippen molar-refractivity contribution in [1.82, 2.24) is 10.6 Å². The zero-order valence-corrected chi connectivity index (χ0v) is 13.9. The second kappa shape index (κ2) is 10.3. The van der Waals surface area contributed by atoms with Crippen LogP contribution in [0.15, 0.2) is 4.99 Å². The van der Waals surface area contributed by atoms with Gasteiger partial charge in [-0.3, -0.25) is 4.99 Å². The molecule has 0 aromatic rings. The monoisotopic (exact) mass is 303 g/mol. The molecular weight excluding hydrogens is 274 g/mol. The molecule has 0 aliphatic carbocycles. The van der Waals surface area contributed by atoms with Gasteiger partial charge in [-0.05, 0) is 31.9 Å². The van der Waals surface area contributed by atoms with E-state index in [9.17, 15) is 0 Å². The molecule has 5 nitrogen and oxygen atoms in total. The third-order valence-corrected chi connectivity index (χ3v) is 4.88. The quantitative estimate of drug-likeness (QED) is 0.384. The molecule has 0 aromatic heterocycles. The van der Waals surface area contributed by atoms with Crippen LogP contribution in [0.4, 0.5) is 0 Å². The highest BCUT2D eigenvalue weighted by Crippen LogP contribution is 2.36. The van der Waals surface area contributed by atoms with Crippen LogP contribution >= 0.6 is 11.8 Å². The Labute approximate surface area is 127 Å². The number of aliphatic imine (C=N–C) groups is 1. The van der Waals surface area contributed by atoms with E-state index in [0.29, 0.717) is 18.0 Å². The molecule has 20 heavy (non-hydrogen) atoms. The normalized spacial score (nSPS) is 23.1. The third kappa shape index (κ3) is 7.36. The van der Waals surface area contributed by atoms with Gasteiger partial charge < -0.3 is 20.1 Å². The summed E-state index contributed by atoms with van der Waals surface area (Å²) in [5.41, 5.74) is 0. The SMILES string of the molecule is CN=C(NCCCOCCOC)NCC1(C)CCCS1. The molecule has 1 fully saturated rings. The van der Waals surface area contributed by atoms with Crippen molar-refractivity contribution in [2.75, 3.05) is 52.8 Å². The molecule has 1 saturated heterocycles. The lowest BCUT2D eigenvalue weighted by Crippen LogP contribution is -2.44. The molecule has 0 aromatic carbocycles. The maximum Gasteiger partial charge on any atom is 0.191 e. The summed E-state index contributed by atoms with van der Waals surface area (Å²) < 4.78 is 10.7. The minimum absolute atomic E-state index is 0.362. The van der Waals surface area contributed by atoms with E-state index in [1.165, 1.54) is 18.6 Å². The lowest BCUT2D eigenvalue weighted by Gasteiger charge is -2.24. The summed E-state index contributed by atoms with van der Waals surface area (Å²) in [5.74, 6) is 2.17. The van der Waals surface area contributed by atoms with Crippen LogP contribution in [0.5, 0.6) is 0 Å². The number of ether oxygens (including phenoxy) is 2. The minimum Gasteiger partial charge on any atom is -0.382 e. The molecule has 118 valence electrons. The Hall–Kier alpha value is -0.460. The Morgan fingerprint density at radius 1 is 1.30 bits per heavy atom. The Morgan fingerprint density at radius 2 is 2.15 bits per heavy atom. The van der Waals surface area contributed by atoms with Gasteiger partial charge in [-0.2, -0.15) is 11.8 Å². The predicted octanol–water partition coefficient (Wildman–Crippen LogP) is 1.49. The van der Waals surface area contributed by atoms with Crippen molar-refractivity contribution in [2.24, 2.45) is 4.99 Å². The van der Waals surface area contributed by atoms with E-state index in [2.05, 4.69) is 34.3 Å². The van der Waals surface area contributed by atoms with E-state index < -0.39 is 0 Å². The Balaban J connectivity index is 2.05. The van der Waals surface area contributed by atoms with Gasteiger partial charge >= 0.3 is 0 Å². The van der Waals surface area contributed by atoms with Gasteiger partial charge in [0.1, 0.15) is 0 Å². The second-order valence-corrected chi connectivity index (χ2v) is 6.90. The first-order chi connectivity index (χ1) is 9.70. The lowest BCUT2D eigenvalue weighted by atomic mass is 10.1. The average molecular weight is 303 g/mol. The molecule has 1 aliphatic heterocycles. The number of thioether (sulfide) groups is 1. The fraction of sp³-hybridized carbons (Fsp3) is 0.929. The van der Waals surface area contributed by atoms with Crippen LogP contribution in [0.1, 0.15) is 26.2 Å². The molecule has 0 spiro atoms. The van der Waals surface area contributed by atoms with Crippen molar-refractivity contribution >= 4 is 17.7 Å². The standard InChI is InChI=1S/C14H29N3O2S/c1-14(6-4-11-20-14)12-17-13(15-2)16-7-5-8-19-10-9-18-3/h4-12H2,1-3H3,(H2,15,16,17). The first-order valence-corrected chi connectivity index (χ1v) is 8.34. The third-order valence-electron chi connectivity index (χ3n) is 3.34. The highest BCUT2D eigenvalue weighted by molar-refractivity contribution is 8.00. The molecule has 1 aliphatic rings. The molecule has 2 N–H and O–H groups in total. The van der Waals surface area contributed by atoms with Crippen LogP contribution in [0, 0.1) is 0 Å². The van der Waals surface area contributed by atoms with Gasteiger partial charge in [-0.25, -0.2) is 0 Å². The first kappa shape index (κ1) is 17.6. The molecule has 0 bridgehead atoms. The van der Waals surface area contributed by atoms with E-state index in [4.69, 9.17) is 9.47 Å². The molecule has 6 heteroatoms. The summed E-state index contributed by atoms with van der Waals surface area (Å²) in [4.78, 5) is 4.25. The van der Waals surface area contributed by atoms with E-state index in [0.717, 1.165) is 32.1 Å². The first-order valence-electron chi connectivity index (χ1n) is 7.35. The topological polar surface area (TPSA) is 54.9 Å². The largest absolute Gasteiger partial charge is 0.382 e. The summed E-state index contributed by atoms with van der Waals surface area (Å²) >= 11 is 2.06. The van der Waals surface area contributed by atoms with Gasteiger partial charge in [0.25, 0.3) is 0 Å². The smallest absolute Gasteiger partial charge is 0.191 e. The van der Waals surface area contributed by atoms with Gasteiger partial charge in [0, 0.05) is 38.6 Å².